The highest BCUT2D eigenvalue weighted by atomic mass is 16.1. The smallest absolute Gasteiger partial charge is 0.207 e. The van der Waals surface area contributed by atoms with Crippen LogP contribution in [0.3, 0.4) is 0 Å². The standard InChI is InChI=1S/C6H11N3O/c1-6(8-9-6)3-2-4-7-5-10/h5H,2-4H2,1H3,(H,7,10). The van der Waals surface area contributed by atoms with Crippen molar-refractivity contribution >= 4 is 6.41 Å². The van der Waals surface area contributed by atoms with Crippen molar-refractivity contribution in [1.82, 2.24) is 5.32 Å². The molecule has 1 aliphatic rings. The van der Waals surface area contributed by atoms with Gasteiger partial charge < -0.3 is 5.32 Å². The zero-order chi connectivity index (χ0) is 7.45. The second-order valence-corrected chi connectivity index (χ2v) is 2.59. The first-order valence-electron chi connectivity index (χ1n) is 3.38. The maximum Gasteiger partial charge on any atom is 0.207 e. The van der Waals surface area contributed by atoms with E-state index in [1.54, 1.807) is 0 Å². The zero-order valence-corrected chi connectivity index (χ0v) is 6.00. The molecule has 0 aromatic rings. The number of rotatable bonds is 5. The molecule has 1 heterocycles. The Morgan fingerprint density at radius 3 is 2.80 bits per heavy atom. The van der Waals surface area contributed by atoms with Crippen LogP contribution in [0, 0.1) is 0 Å². The lowest BCUT2D eigenvalue weighted by molar-refractivity contribution is -0.109. The van der Waals surface area contributed by atoms with Gasteiger partial charge in [-0.15, -0.1) is 0 Å². The van der Waals surface area contributed by atoms with Gasteiger partial charge in [0.15, 0.2) is 5.66 Å². The van der Waals surface area contributed by atoms with Gasteiger partial charge in [0, 0.05) is 6.54 Å². The number of carbonyl (C=O) groups is 1. The van der Waals surface area contributed by atoms with Gasteiger partial charge in [0.25, 0.3) is 0 Å². The summed E-state index contributed by atoms with van der Waals surface area (Å²) in [6, 6.07) is 0. The summed E-state index contributed by atoms with van der Waals surface area (Å²) >= 11 is 0. The van der Waals surface area contributed by atoms with E-state index in [1.807, 2.05) is 6.92 Å². The molecule has 0 aliphatic carbocycles. The average Bonchev–Trinajstić information content (AvgIpc) is 2.62. The van der Waals surface area contributed by atoms with E-state index >= 15 is 0 Å². The van der Waals surface area contributed by atoms with Crippen molar-refractivity contribution in [1.29, 1.82) is 0 Å². The van der Waals surface area contributed by atoms with E-state index in [4.69, 9.17) is 0 Å². The van der Waals surface area contributed by atoms with E-state index in [9.17, 15) is 4.79 Å². The maximum atomic E-state index is 9.79. The fourth-order valence-electron chi connectivity index (χ4n) is 0.770. The molecule has 0 unspecified atom stereocenters. The van der Waals surface area contributed by atoms with E-state index in [2.05, 4.69) is 15.5 Å². The predicted octanol–water partition coefficient (Wildman–Crippen LogP) is 0.695. The van der Waals surface area contributed by atoms with Crippen LogP contribution in [0.4, 0.5) is 0 Å². The van der Waals surface area contributed by atoms with Gasteiger partial charge in [0.05, 0.1) is 0 Å². The number of nitrogens with zero attached hydrogens (tertiary/aromatic N) is 2. The van der Waals surface area contributed by atoms with Gasteiger partial charge in [-0.3, -0.25) is 4.79 Å². The molecule has 0 saturated carbocycles. The lowest BCUT2D eigenvalue weighted by Gasteiger charge is -2.01. The lowest BCUT2D eigenvalue weighted by Crippen LogP contribution is -2.15. The third-order valence-corrected chi connectivity index (χ3v) is 1.50. The summed E-state index contributed by atoms with van der Waals surface area (Å²) < 4.78 is 0. The molecule has 0 spiro atoms. The van der Waals surface area contributed by atoms with E-state index in [0.29, 0.717) is 6.41 Å². The molecular weight excluding hydrogens is 130 g/mol. The Balaban J connectivity index is 1.91. The summed E-state index contributed by atoms with van der Waals surface area (Å²) in [5.41, 5.74) is -0.107. The minimum Gasteiger partial charge on any atom is -0.359 e. The van der Waals surface area contributed by atoms with Crippen molar-refractivity contribution in [3.8, 4) is 0 Å². The number of amides is 1. The van der Waals surface area contributed by atoms with Crippen molar-refractivity contribution in [2.75, 3.05) is 6.54 Å². The molecule has 0 atom stereocenters. The lowest BCUT2D eigenvalue weighted by atomic mass is 10.1. The molecule has 0 fully saturated rings. The fourth-order valence-corrected chi connectivity index (χ4v) is 0.770. The third-order valence-electron chi connectivity index (χ3n) is 1.50. The van der Waals surface area contributed by atoms with Crippen LogP contribution in [0.5, 0.6) is 0 Å². The van der Waals surface area contributed by atoms with E-state index < -0.39 is 0 Å². The molecular formula is C6H11N3O. The number of carbonyl (C=O) groups excluding carboxylic acids is 1. The van der Waals surface area contributed by atoms with Crippen molar-refractivity contribution in [3.63, 3.8) is 0 Å². The highest BCUT2D eigenvalue weighted by molar-refractivity contribution is 5.45. The van der Waals surface area contributed by atoms with E-state index in [0.717, 1.165) is 19.4 Å². The molecule has 0 radical (unpaired) electrons. The molecule has 0 saturated heterocycles. The SMILES string of the molecule is CC1(CCCNC=O)N=N1. The van der Waals surface area contributed by atoms with Gasteiger partial charge in [0.1, 0.15) is 0 Å². The Bertz CT molecular complexity index is 149. The molecule has 1 rings (SSSR count). The Morgan fingerprint density at radius 1 is 1.60 bits per heavy atom. The fraction of sp³-hybridized carbons (Fsp3) is 0.833. The van der Waals surface area contributed by atoms with Crippen LogP contribution in [-0.4, -0.2) is 18.6 Å². The van der Waals surface area contributed by atoms with E-state index in [-0.39, 0.29) is 5.66 Å². The van der Waals surface area contributed by atoms with Gasteiger partial charge in [-0.25, -0.2) is 0 Å². The minimum absolute atomic E-state index is 0.107. The number of hydrogen-bond acceptors (Lipinski definition) is 3. The molecule has 0 aromatic heterocycles. The summed E-state index contributed by atoms with van der Waals surface area (Å²) in [4.78, 5) is 9.79. The first-order chi connectivity index (χ1) is 4.77. The van der Waals surface area contributed by atoms with Crippen molar-refractivity contribution < 1.29 is 4.79 Å². The molecule has 10 heavy (non-hydrogen) atoms. The molecule has 0 bridgehead atoms. The quantitative estimate of drug-likeness (QED) is 0.444. The van der Waals surface area contributed by atoms with Crippen LogP contribution in [0.25, 0.3) is 0 Å². The van der Waals surface area contributed by atoms with Crippen LogP contribution in [-0.2, 0) is 4.79 Å². The minimum atomic E-state index is -0.107. The number of hydrogen-bond donors (Lipinski definition) is 1. The van der Waals surface area contributed by atoms with Crippen molar-refractivity contribution in [2.24, 2.45) is 10.2 Å². The maximum absolute atomic E-state index is 9.79. The van der Waals surface area contributed by atoms with Gasteiger partial charge in [0.2, 0.25) is 6.41 Å². The Hall–Kier alpha value is -0.930. The second kappa shape index (κ2) is 2.77. The summed E-state index contributed by atoms with van der Waals surface area (Å²) in [6.45, 7) is 2.71. The topological polar surface area (TPSA) is 53.8 Å². The van der Waals surface area contributed by atoms with E-state index in [1.165, 1.54) is 0 Å². The second-order valence-electron chi connectivity index (χ2n) is 2.59. The van der Waals surface area contributed by atoms with Crippen LogP contribution in [0.1, 0.15) is 19.8 Å². The summed E-state index contributed by atoms with van der Waals surface area (Å²) in [6.07, 6.45) is 2.60. The third kappa shape index (κ3) is 2.13. The van der Waals surface area contributed by atoms with Crippen molar-refractivity contribution in [3.05, 3.63) is 0 Å². The van der Waals surface area contributed by atoms with Crippen LogP contribution in [0.15, 0.2) is 10.2 Å². The molecule has 1 amide bonds. The highest BCUT2D eigenvalue weighted by Crippen LogP contribution is 2.31. The van der Waals surface area contributed by atoms with Gasteiger partial charge >= 0.3 is 0 Å². The molecule has 1 N–H and O–H groups in total. The normalized spacial score (nSPS) is 18.5. The predicted molar refractivity (Wildman–Crippen MR) is 36.6 cm³/mol. The van der Waals surface area contributed by atoms with Crippen LogP contribution < -0.4 is 5.32 Å². The van der Waals surface area contributed by atoms with Gasteiger partial charge in [-0.05, 0) is 19.8 Å². The molecule has 56 valence electrons. The molecule has 4 nitrogen and oxygen atoms in total. The monoisotopic (exact) mass is 141 g/mol. The summed E-state index contributed by atoms with van der Waals surface area (Å²) in [7, 11) is 0. The van der Waals surface area contributed by atoms with Crippen LogP contribution in [0.2, 0.25) is 0 Å². The van der Waals surface area contributed by atoms with Gasteiger partial charge in [-0.2, -0.15) is 10.2 Å². The first kappa shape index (κ1) is 7.18. The molecule has 1 aliphatic heterocycles. The van der Waals surface area contributed by atoms with Crippen molar-refractivity contribution in [2.45, 2.75) is 25.4 Å². The van der Waals surface area contributed by atoms with Gasteiger partial charge in [-0.1, -0.05) is 0 Å². The summed E-state index contributed by atoms with van der Waals surface area (Å²) in [5, 5.41) is 10.3. The summed E-state index contributed by atoms with van der Waals surface area (Å²) in [5.74, 6) is 0. The first-order valence-corrected chi connectivity index (χ1v) is 3.38. The molecule has 0 aromatic carbocycles. The largest absolute Gasteiger partial charge is 0.359 e. The zero-order valence-electron chi connectivity index (χ0n) is 6.00. The molecule has 4 heteroatoms. The van der Waals surface area contributed by atoms with Crippen LogP contribution >= 0.6 is 0 Å². The Labute approximate surface area is 59.7 Å². The average molecular weight is 141 g/mol. The highest BCUT2D eigenvalue weighted by Gasteiger charge is 2.32. The number of nitrogens with one attached hydrogen (secondary N) is 1. The Morgan fingerprint density at radius 2 is 2.30 bits per heavy atom. The Kier molecular flexibility index (Phi) is 1.99.